The zero-order valence-corrected chi connectivity index (χ0v) is 16.4. The lowest BCUT2D eigenvalue weighted by molar-refractivity contribution is -0.132. The minimum atomic E-state index is -0.814. The number of aryl methyl sites for hydroxylation is 1. The third-order valence-electron chi connectivity index (χ3n) is 4.56. The number of thiazole rings is 1. The molecule has 7 heteroatoms. The van der Waals surface area contributed by atoms with Crippen LogP contribution in [0.5, 0.6) is 0 Å². The molecule has 0 bridgehead atoms. The average Bonchev–Trinajstić information content (AvgIpc) is 3.29. The number of hydrogen-bond acceptors (Lipinski definition) is 5. The molecule has 0 aliphatic carbocycles. The maximum Gasteiger partial charge on any atom is 0.301 e. The van der Waals surface area contributed by atoms with Gasteiger partial charge in [-0.1, -0.05) is 53.6 Å². The Morgan fingerprint density at radius 3 is 2.57 bits per heavy atom. The number of ketones is 1. The molecule has 1 aromatic heterocycles. The average molecular weight is 411 g/mol. The number of Topliss-reactive ketones (excluding diaryl/α,β-unsaturated/α-hetero) is 1. The lowest BCUT2D eigenvalue weighted by Gasteiger charge is -2.23. The van der Waals surface area contributed by atoms with Gasteiger partial charge in [0, 0.05) is 22.2 Å². The van der Waals surface area contributed by atoms with Crippen molar-refractivity contribution in [3.05, 3.63) is 87.4 Å². The summed E-state index contributed by atoms with van der Waals surface area (Å²) in [5, 5.41) is 13.5. The van der Waals surface area contributed by atoms with E-state index in [9.17, 15) is 14.7 Å². The molecule has 2 aromatic carbocycles. The van der Waals surface area contributed by atoms with Crippen molar-refractivity contribution in [1.29, 1.82) is 0 Å². The van der Waals surface area contributed by atoms with Gasteiger partial charge in [-0.3, -0.25) is 14.5 Å². The minimum absolute atomic E-state index is 0.0197. The number of carbonyl (C=O) groups is 2. The molecule has 1 N–H and O–H groups in total. The van der Waals surface area contributed by atoms with E-state index in [0.717, 1.165) is 5.56 Å². The van der Waals surface area contributed by atoms with E-state index in [1.807, 2.05) is 19.1 Å². The van der Waals surface area contributed by atoms with E-state index in [0.29, 0.717) is 21.3 Å². The van der Waals surface area contributed by atoms with Crippen molar-refractivity contribution in [1.82, 2.24) is 4.98 Å². The SMILES string of the molecule is Cc1ccc(C(O)=C2C(=O)C(=O)N(c3nccs3)[C@H]2c2cccc(Cl)c2)cc1. The summed E-state index contributed by atoms with van der Waals surface area (Å²) in [6.45, 7) is 1.93. The summed E-state index contributed by atoms with van der Waals surface area (Å²) >= 11 is 7.40. The van der Waals surface area contributed by atoms with Crippen LogP contribution in [0.2, 0.25) is 5.02 Å². The molecular formula is C21H15ClN2O3S. The van der Waals surface area contributed by atoms with Crippen LogP contribution in [0.3, 0.4) is 0 Å². The molecule has 1 saturated heterocycles. The largest absolute Gasteiger partial charge is 0.507 e. The maximum absolute atomic E-state index is 12.9. The summed E-state index contributed by atoms with van der Waals surface area (Å²) in [6, 6.07) is 13.2. The number of hydrogen-bond donors (Lipinski definition) is 1. The molecule has 2 heterocycles. The van der Waals surface area contributed by atoms with Gasteiger partial charge in [0.1, 0.15) is 5.76 Å². The quantitative estimate of drug-likeness (QED) is 0.385. The third-order valence-corrected chi connectivity index (χ3v) is 5.57. The Kier molecular flexibility index (Phi) is 4.75. The number of halogens is 1. The number of amides is 1. The van der Waals surface area contributed by atoms with Crippen LogP contribution in [0.15, 0.2) is 65.7 Å². The Balaban J connectivity index is 1.95. The number of benzene rings is 2. The van der Waals surface area contributed by atoms with Crippen molar-refractivity contribution in [2.24, 2.45) is 0 Å². The first-order valence-electron chi connectivity index (χ1n) is 8.50. The van der Waals surface area contributed by atoms with Gasteiger partial charge in [0.15, 0.2) is 5.13 Å². The summed E-state index contributed by atoms with van der Waals surface area (Å²) in [6.07, 6.45) is 1.56. The number of anilines is 1. The van der Waals surface area contributed by atoms with Crippen molar-refractivity contribution in [3.63, 3.8) is 0 Å². The summed E-state index contributed by atoms with van der Waals surface area (Å²) in [7, 11) is 0. The molecule has 28 heavy (non-hydrogen) atoms. The maximum atomic E-state index is 12.9. The molecule has 0 spiro atoms. The fourth-order valence-electron chi connectivity index (χ4n) is 3.22. The second-order valence-electron chi connectivity index (χ2n) is 6.40. The molecule has 140 valence electrons. The van der Waals surface area contributed by atoms with Crippen LogP contribution in [0.4, 0.5) is 5.13 Å². The molecule has 1 amide bonds. The molecular weight excluding hydrogens is 396 g/mol. The molecule has 0 saturated carbocycles. The first kappa shape index (κ1) is 18.4. The van der Waals surface area contributed by atoms with Gasteiger partial charge in [-0.15, -0.1) is 11.3 Å². The first-order chi connectivity index (χ1) is 13.5. The molecule has 1 atom stereocenters. The number of aliphatic hydroxyl groups excluding tert-OH is 1. The Bertz CT molecular complexity index is 1090. The summed E-state index contributed by atoms with van der Waals surface area (Å²) in [5.74, 6) is -1.70. The van der Waals surface area contributed by atoms with Gasteiger partial charge < -0.3 is 5.11 Å². The predicted molar refractivity (Wildman–Crippen MR) is 110 cm³/mol. The van der Waals surface area contributed by atoms with Gasteiger partial charge in [0.2, 0.25) is 0 Å². The summed E-state index contributed by atoms with van der Waals surface area (Å²) in [4.78, 5) is 31.2. The van der Waals surface area contributed by atoms with E-state index in [1.54, 1.807) is 48.0 Å². The zero-order chi connectivity index (χ0) is 19.8. The molecule has 3 aromatic rings. The van der Waals surface area contributed by atoms with Crippen molar-refractivity contribution in [2.75, 3.05) is 4.90 Å². The molecule has 1 aliphatic rings. The van der Waals surface area contributed by atoms with E-state index in [1.165, 1.54) is 16.2 Å². The first-order valence-corrected chi connectivity index (χ1v) is 9.76. The van der Waals surface area contributed by atoms with Crippen LogP contribution in [0, 0.1) is 6.92 Å². The fourth-order valence-corrected chi connectivity index (χ4v) is 4.09. The highest BCUT2D eigenvalue weighted by Crippen LogP contribution is 2.43. The van der Waals surface area contributed by atoms with Crippen LogP contribution < -0.4 is 4.90 Å². The summed E-state index contributed by atoms with van der Waals surface area (Å²) in [5.41, 5.74) is 2.13. The molecule has 1 aliphatic heterocycles. The van der Waals surface area contributed by atoms with E-state index in [-0.39, 0.29) is 11.3 Å². The van der Waals surface area contributed by atoms with E-state index >= 15 is 0 Å². The van der Waals surface area contributed by atoms with Gasteiger partial charge in [-0.05, 0) is 24.6 Å². The topological polar surface area (TPSA) is 70.5 Å². The normalized spacial score (nSPS) is 18.6. The Labute approximate surface area is 170 Å². The van der Waals surface area contributed by atoms with E-state index in [2.05, 4.69) is 4.98 Å². The second kappa shape index (κ2) is 7.22. The highest BCUT2D eigenvalue weighted by molar-refractivity contribution is 7.14. The molecule has 4 rings (SSSR count). The van der Waals surface area contributed by atoms with Crippen LogP contribution in [-0.4, -0.2) is 21.8 Å². The van der Waals surface area contributed by atoms with Crippen molar-refractivity contribution in [3.8, 4) is 0 Å². The van der Waals surface area contributed by atoms with Crippen molar-refractivity contribution >= 4 is 45.5 Å². The van der Waals surface area contributed by atoms with Gasteiger partial charge in [0.25, 0.3) is 5.78 Å². The number of carbonyl (C=O) groups excluding carboxylic acids is 2. The van der Waals surface area contributed by atoms with Crippen LogP contribution in [0.1, 0.15) is 22.7 Å². The number of aliphatic hydroxyl groups is 1. The highest BCUT2D eigenvalue weighted by atomic mass is 35.5. The molecule has 1 fully saturated rings. The smallest absolute Gasteiger partial charge is 0.301 e. The third kappa shape index (κ3) is 3.10. The number of rotatable bonds is 3. The fraction of sp³-hybridized carbons (Fsp3) is 0.0952. The van der Waals surface area contributed by atoms with Gasteiger partial charge >= 0.3 is 5.91 Å². The number of nitrogens with zero attached hydrogens (tertiary/aromatic N) is 2. The van der Waals surface area contributed by atoms with Gasteiger partial charge in [-0.2, -0.15) is 0 Å². The van der Waals surface area contributed by atoms with Gasteiger partial charge in [0.05, 0.1) is 11.6 Å². The molecule has 0 unspecified atom stereocenters. The summed E-state index contributed by atoms with van der Waals surface area (Å²) < 4.78 is 0. The second-order valence-corrected chi connectivity index (χ2v) is 7.71. The van der Waals surface area contributed by atoms with E-state index < -0.39 is 17.7 Å². The predicted octanol–water partition coefficient (Wildman–Crippen LogP) is 4.73. The highest BCUT2D eigenvalue weighted by Gasteiger charge is 2.47. The standard InChI is InChI=1S/C21H15ClN2O3S/c1-12-5-7-13(8-6-12)18(25)16-17(14-3-2-4-15(22)11-14)24(20(27)19(16)26)21-23-9-10-28-21/h2-11,17,25H,1H3/t17-/m0/s1. The monoisotopic (exact) mass is 410 g/mol. The van der Waals surface area contributed by atoms with E-state index in [4.69, 9.17) is 11.6 Å². The van der Waals surface area contributed by atoms with Crippen molar-refractivity contribution in [2.45, 2.75) is 13.0 Å². The van der Waals surface area contributed by atoms with Crippen molar-refractivity contribution < 1.29 is 14.7 Å². The zero-order valence-electron chi connectivity index (χ0n) is 14.8. The minimum Gasteiger partial charge on any atom is -0.507 e. The van der Waals surface area contributed by atoms with Crippen LogP contribution >= 0.6 is 22.9 Å². The Morgan fingerprint density at radius 1 is 1.18 bits per heavy atom. The lowest BCUT2D eigenvalue weighted by Crippen LogP contribution is -2.29. The number of aromatic nitrogens is 1. The molecule has 0 radical (unpaired) electrons. The van der Waals surface area contributed by atoms with Crippen LogP contribution in [0.25, 0.3) is 5.76 Å². The Hall–Kier alpha value is -2.96. The molecule has 5 nitrogen and oxygen atoms in total. The lowest BCUT2D eigenvalue weighted by atomic mass is 9.95. The van der Waals surface area contributed by atoms with Gasteiger partial charge in [-0.25, -0.2) is 4.98 Å². The Morgan fingerprint density at radius 2 is 1.93 bits per heavy atom. The van der Waals surface area contributed by atoms with Crippen LogP contribution in [-0.2, 0) is 9.59 Å².